The van der Waals surface area contributed by atoms with Gasteiger partial charge in [-0.2, -0.15) is 13.2 Å². The molecule has 0 aliphatic carbocycles. The summed E-state index contributed by atoms with van der Waals surface area (Å²) in [6, 6.07) is 30.0. The Bertz CT molecular complexity index is 1390. The second-order valence-corrected chi connectivity index (χ2v) is 9.60. The van der Waals surface area contributed by atoms with Crippen LogP contribution in [0.5, 0.6) is 5.75 Å². The van der Waals surface area contributed by atoms with Gasteiger partial charge < -0.3 is 14.4 Å². The molecule has 4 nitrogen and oxygen atoms in total. The van der Waals surface area contributed by atoms with Gasteiger partial charge >= 0.3 is 6.18 Å². The summed E-state index contributed by atoms with van der Waals surface area (Å²) in [6.07, 6.45) is -3.60. The Labute approximate surface area is 225 Å². The maximum atomic E-state index is 13.4. The van der Waals surface area contributed by atoms with E-state index in [2.05, 4.69) is 0 Å². The third kappa shape index (κ3) is 6.86. The molecule has 1 unspecified atom stereocenters. The van der Waals surface area contributed by atoms with Crippen LogP contribution in [0.3, 0.4) is 0 Å². The SMILES string of the molecule is O=C(Cc1cc(OCc2ccccc2)cc(-c2ccc(C(F)(F)F)cc2)c1)N1COCC1Cc1ccccc1. The number of hydrogen-bond acceptors (Lipinski definition) is 3. The first-order chi connectivity index (χ1) is 18.8. The summed E-state index contributed by atoms with van der Waals surface area (Å²) < 4.78 is 51.0. The van der Waals surface area contributed by atoms with Crippen LogP contribution in [0.2, 0.25) is 0 Å². The Hall–Kier alpha value is -4.10. The third-order valence-electron chi connectivity index (χ3n) is 6.73. The van der Waals surface area contributed by atoms with Crippen molar-refractivity contribution in [2.75, 3.05) is 13.3 Å². The number of halogens is 3. The summed E-state index contributed by atoms with van der Waals surface area (Å²) >= 11 is 0. The van der Waals surface area contributed by atoms with E-state index >= 15 is 0 Å². The van der Waals surface area contributed by atoms with E-state index in [0.717, 1.165) is 23.3 Å². The predicted octanol–water partition coefficient (Wildman–Crippen LogP) is 6.92. The number of benzene rings is 4. The van der Waals surface area contributed by atoms with Gasteiger partial charge in [-0.05, 0) is 58.5 Å². The molecule has 200 valence electrons. The van der Waals surface area contributed by atoms with Gasteiger partial charge in [-0.25, -0.2) is 0 Å². The molecule has 1 fully saturated rings. The van der Waals surface area contributed by atoms with E-state index < -0.39 is 11.7 Å². The summed E-state index contributed by atoms with van der Waals surface area (Å²) in [4.78, 5) is 15.1. The summed E-state index contributed by atoms with van der Waals surface area (Å²) in [5, 5.41) is 0. The Morgan fingerprint density at radius 2 is 1.49 bits per heavy atom. The normalized spacial score (nSPS) is 15.4. The Morgan fingerprint density at radius 1 is 0.821 bits per heavy atom. The van der Waals surface area contributed by atoms with Gasteiger partial charge in [0, 0.05) is 0 Å². The minimum atomic E-state index is -4.41. The lowest BCUT2D eigenvalue weighted by Crippen LogP contribution is -2.38. The van der Waals surface area contributed by atoms with Gasteiger partial charge in [0.15, 0.2) is 0 Å². The molecular weight excluding hydrogens is 503 g/mol. The third-order valence-corrected chi connectivity index (χ3v) is 6.73. The largest absolute Gasteiger partial charge is 0.489 e. The first-order valence-corrected chi connectivity index (χ1v) is 12.7. The molecule has 0 N–H and O–H groups in total. The fraction of sp³-hybridized carbons (Fsp3) is 0.219. The summed E-state index contributed by atoms with van der Waals surface area (Å²) in [5.74, 6) is 0.463. The number of hydrogen-bond donors (Lipinski definition) is 0. The summed E-state index contributed by atoms with van der Waals surface area (Å²) in [7, 11) is 0. The number of carbonyl (C=O) groups is 1. The molecule has 4 aromatic rings. The van der Waals surface area contributed by atoms with Crippen LogP contribution in [0.4, 0.5) is 13.2 Å². The Kier molecular flexibility index (Phi) is 7.98. The molecule has 39 heavy (non-hydrogen) atoms. The molecule has 1 amide bonds. The van der Waals surface area contributed by atoms with E-state index in [1.54, 1.807) is 11.0 Å². The molecule has 1 heterocycles. The number of carbonyl (C=O) groups excluding carboxylic acids is 1. The first kappa shape index (κ1) is 26.5. The lowest BCUT2D eigenvalue weighted by molar-refractivity contribution is -0.137. The zero-order valence-electron chi connectivity index (χ0n) is 21.2. The van der Waals surface area contributed by atoms with Crippen LogP contribution < -0.4 is 4.74 Å². The second kappa shape index (κ2) is 11.7. The number of alkyl halides is 3. The van der Waals surface area contributed by atoms with Crippen LogP contribution >= 0.6 is 0 Å². The fourth-order valence-electron chi connectivity index (χ4n) is 4.69. The van der Waals surface area contributed by atoms with Gasteiger partial charge in [-0.15, -0.1) is 0 Å². The molecule has 7 heteroatoms. The van der Waals surface area contributed by atoms with E-state index in [1.807, 2.05) is 72.8 Å². The molecule has 0 radical (unpaired) electrons. The zero-order chi connectivity index (χ0) is 27.2. The number of amides is 1. The highest BCUT2D eigenvalue weighted by Crippen LogP contribution is 2.33. The highest BCUT2D eigenvalue weighted by Gasteiger charge is 2.31. The average molecular weight is 532 g/mol. The van der Waals surface area contributed by atoms with Crippen LogP contribution in [0.1, 0.15) is 22.3 Å². The first-order valence-electron chi connectivity index (χ1n) is 12.7. The molecule has 1 aliphatic rings. The topological polar surface area (TPSA) is 38.8 Å². The fourth-order valence-corrected chi connectivity index (χ4v) is 4.69. The molecular formula is C32H28F3NO3. The molecule has 1 aliphatic heterocycles. The monoisotopic (exact) mass is 531 g/mol. The van der Waals surface area contributed by atoms with E-state index in [9.17, 15) is 18.0 Å². The number of rotatable bonds is 8. The molecule has 5 rings (SSSR count). The minimum absolute atomic E-state index is 0.0632. The number of ether oxygens (including phenoxy) is 2. The van der Waals surface area contributed by atoms with E-state index in [4.69, 9.17) is 9.47 Å². The smallest absolute Gasteiger partial charge is 0.416 e. The van der Waals surface area contributed by atoms with Crippen LogP contribution in [0, 0.1) is 0 Å². The predicted molar refractivity (Wildman–Crippen MR) is 143 cm³/mol. The van der Waals surface area contributed by atoms with Gasteiger partial charge in [0.2, 0.25) is 5.91 Å². The van der Waals surface area contributed by atoms with Crippen molar-refractivity contribution in [2.45, 2.75) is 31.7 Å². The highest BCUT2D eigenvalue weighted by molar-refractivity contribution is 5.80. The van der Waals surface area contributed by atoms with Crippen molar-refractivity contribution >= 4 is 5.91 Å². The van der Waals surface area contributed by atoms with Crippen LogP contribution in [0.25, 0.3) is 11.1 Å². The van der Waals surface area contributed by atoms with Crippen molar-refractivity contribution in [3.05, 3.63) is 125 Å². The van der Waals surface area contributed by atoms with Gasteiger partial charge in [-0.1, -0.05) is 78.9 Å². The van der Waals surface area contributed by atoms with Crippen molar-refractivity contribution in [3.63, 3.8) is 0 Å². The van der Waals surface area contributed by atoms with Gasteiger partial charge in [0.05, 0.1) is 24.6 Å². The number of nitrogens with zero attached hydrogens (tertiary/aromatic N) is 1. The van der Waals surface area contributed by atoms with Crippen molar-refractivity contribution in [1.29, 1.82) is 0 Å². The maximum Gasteiger partial charge on any atom is 0.416 e. The molecule has 4 aromatic carbocycles. The van der Waals surface area contributed by atoms with E-state index in [1.165, 1.54) is 12.1 Å². The maximum absolute atomic E-state index is 13.4. The molecule has 0 bridgehead atoms. The zero-order valence-corrected chi connectivity index (χ0v) is 21.2. The van der Waals surface area contributed by atoms with Crippen LogP contribution in [0.15, 0.2) is 103 Å². The standard InChI is InChI=1S/C32H28F3NO3/c33-32(34,35)28-13-11-26(12-14-28)27-15-25(17-30(19-27)39-20-24-9-5-2-6-10-24)18-31(37)36-22-38-21-29(36)16-23-7-3-1-4-8-23/h1-15,17,19,29H,16,18,20-22H2. The van der Waals surface area contributed by atoms with E-state index in [0.29, 0.717) is 42.1 Å². The summed E-state index contributed by atoms with van der Waals surface area (Å²) in [5.41, 5.74) is 3.39. The van der Waals surface area contributed by atoms with Crippen molar-refractivity contribution in [2.24, 2.45) is 0 Å². The van der Waals surface area contributed by atoms with Crippen molar-refractivity contribution < 1.29 is 27.4 Å². The Balaban J connectivity index is 1.38. The van der Waals surface area contributed by atoms with Gasteiger partial charge in [0.25, 0.3) is 0 Å². The lowest BCUT2D eigenvalue weighted by Gasteiger charge is -2.23. The molecule has 0 saturated carbocycles. The second-order valence-electron chi connectivity index (χ2n) is 9.60. The molecule has 0 spiro atoms. The molecule has 1 saturated heterocycles. The Morgan fingerprint density at radius 3 is 2.15 bits per heavy atom. The van der Waals surface area contributed by atoms with Crippen LogP contribution in [-0.2, 0) is 35.2 Å². The molecule has 1 atom stereocenters. The molecule has 0 aromatic heterocycles. The highest BCUT2D eigenvalue weighted by atomic mass is 19.4. The quantitative estimate of drug-likeness (QED) is 0.248. The van der Waals surface area contributed by atoms with Gasteiger partial charge in [-0.3, -0.25) is 4.79 Å². The van der Waals surface area contributed by atoms with Gasteiger partial charge in [0.1, 0.15) is 19.1 Å². The lowest BCUT2D eigenvalue weighted by atomic mass is 9.99. The van der Waals surface area contributed by atoms with E-state index in [-0.39, 0.29) is 25.1 Å². The average Bonchev–Trinajstić information content (AvgIpc) is 3.41. The summed E-state index contributed by atoms with van der Waals surface area (Å²) in [6.45, 7) is 1.02. The van der Waals surface area contributed by atoms with Crippen LogP contribution in [-0.4, -0.2) is 30.2 Å². The van der Waals surface area contributed by atoms with Crippen molar-refractivity contribution in [3.8, 4) is 16.9 Å². The van der Waals surface area contributed by atoms with Crippen molar-refractivity contribution in [1.82, 2.24) is 4.90 Å². The minimum Gasteiger partial charge on any atom is -0.489 e.